The van der Waals surface area contributed by atoms with Crippen molar-refractivity contribution in [1.82, 2.24) is 5.32 Å². The van der Waals surface area contributed by atoms with Crippen molar-refractivity contribution in [1.29, 1.82) is 0 Å². The minimum absolute atomic E-state index is 0.0360. The Hall–Kier alpha value is -0.870. The van der Waals surface area contributed by atoms with Crippen molar-refractivity contribution in [2.75, 3.05) is 12.8 Å². The van der Waals surface area contributed by atoms with Crippen LogP contribution in [0.3, 0.4) is 0 Å². The second-order valence-corrected chi connectivity index (χ2v) is 7.23. The molecule has 3 nitrogen and oxygen atoms in total. The number of hydrogen-bond donors (Lipinski definition) is 1. The molecule has 0 amide bonds. The van der Waals surface area contributed by atoms with Gasteiger partial charge in [-0.2, -0.15) is 0 Å². The minimum atomic E-state index is -3.02. The van der Waals surface area contributed by atoms with Crippen LogP contribution in [0.4, 0.5) is 0 Å². The average Bonchev–Trinajstić information content (AvgIpc) is 2.29. The summed E-state index contributed by atoms with van der Waals surface area (Å²) in [4.78, 5) is 0. The summed E-state index contributed by atoms with van der Waals surface area (Å²) in [6, 6.07) is 8.08. The fourth-order valence-electron chi connectivity index (χ4n) is 2.04. The van der Waals surface area contributed by atoms with Crippen LogP contribution in [0.1, 0.15) is 25.0 Å². The monoisotopic (exact) mass is 269 g/mol. The summed E-state index contributed by atoms with van der Waals surface area (Å²) in [5.74, 6) is 0. The van der Waals surface area contributed by atoms with Gasteiger partial charge in [0.1, 0.15) is 0 Å². The van der Waals surface area contributed by atoms with Gasteiger partial charge in [0.15, 0.2) is 9.84 Å². The molecule has 0 spiro atoms. The van der Waals surface area contributed by atoms with E-state index in [0.29, 0.717) is 0 Å². The van der Waals surface area contributed by atoms with Gasteiger partial charge in [0.05, 0.1) is 5.25 Å². The first-order valence-corrected chi connectivity index (χ1v) is 8.28. The van der Waals surface area contributed by atoms with Gasteiger partial charge in [-0.15, -0.1) is 0 Å². The standard InChI is InChI=1S/C14H23NO2S/c1-5-15-14(12(3)18(4,16)17)10-13-9-7-6-8-11(13)2/h6-9,12,14-15H,5,10H2,1-4H3. The van der Waals surface area contributed by atoms with Crippen LogP contribution in [0, 0.1) is 6.92 Å². The lowest BCUT2D eigenvalue weighted by Gasteiger charge is -2.24. The topological polar surface area (TPSA) is 46.2 Å². The number of benzene rings is 1. The molecule has 1 rings (SSSR count). The van der Waals surface area contributed by atoms with Gasteiger partial charge in [0.25, 0.3) is 0 Å². The van der Waals surface area contributed by atoms with Crippen molar-refractivity contribution in [3.63, 3.8) is 0 Å². The lowest BCUT2D eigenvalue weighted by molar-refractivity contribution is 0.493. The van der Waals surface area contributed by atoms with Crippen LogP contribution in [0.15, 0.2) is 24.3 Å². The van der Waals surface area contributed by atoms with E-state index in [2.05, 4.69) is 24.4 Å². The van der Waals surface area contributed by atoms with Gasteiger partial charge in [-0.1, -0.05) is 31.2 Å². The van der Waals surface area contributed by atoms with E-state index < -0.39 is 9.84 Å². The van der Waals surface area contributed by atoms with E-state index in [9.17, 15) is 8.42 Å². The lowest BCUT2D eigenvalue weighted by atomic mass is 9.99. The summed E-state index contributed by atoms with van der Waals surface area (Å²) in [6.45, 7) is 6.61. The zero-order valence-electron chi connectivity index (χ0n) is 11.6. The molecule has 0 radical (unpaired) electrons. The van der Waals surface area contributed by atoms with Crippen molar-refractivity contribution in [3.05, 3.63) is 35.4 Å². The van der Waals surface area contributed by atoms with Gasteiger partial charge < -0.3 is 5.32 Å². The summed E-state index contributed by atoms with van der Waals surface area (Å²) >= 11 is 0. The highest BCUT2D eigenvalue weighted by atomic mass is 32.2. The molecule has 0 aliphatic heterocycles. The first-order chi connectivity index (χ1) is 8.36. The van der Waals surface area contributed by atoms with Gasteiger partial charge in [0, 0.05) is 12.3 Å². The molecule has 4 heteroatoms. The largest absolute Gasteiger partial charge is 0.313 e. The molecule has 0 saturated heterocycles. The van der Waals surface area contributed by atoms with Gasteiger partial charge >= 0.3 is 0 Å². The maximum atomic E-state index is 11.7. The Morgan fingerprint density at radius 1 is 1.28 bits per heavy atom. The number of likely N-dealkylation sites (N-methyl/N-ethyl adjacent to an activating group) is 1. The Kier molecular flexibility index (Phi) is 5.35. The average molecular weight is 269 g/mol. The summed E-state index contributed by atoms with van der Waals surface area (Å²) < 4.78 is 23.4. The third kappa shape index (κ3) is 4.10. The number of aryl methyl sites for hydroxylation is 1. The van der Waals surface area contributed by atoms with E-state index in [4.69, 9.17) is 0 Å². The Balaban J connectivity index is 2.91. The van der Waals surface area contributed by atoms with Crippen molar-refractivity contribution in [3.8, 4) is 0 Å². The van der Waals surface area contributed by atoms with Crippen molar-refractivity contribution >= 4 is 9.84 Å². The first kappa shape index (κ1) is 15.2. The third-order valence-electron chi connectivity index (χ3n) is 3.41. The minimum Gasteiger partial charge on any atom is -0.313 e. The predicted molar refractivity (Wildman–Crippen MR) is 76.7 cm³/mol. The molecule has 0 heterocycles. The van der Waals surface area contributed by atoms with E-state index in [-0.39, 0.29) is 11.3 Å². The zero-order valence-corrected chi connectivity index (χ0v) is 12.4. The molecular weight excluding hydrogens is 246 g/mol. The number of nitrogens with one attached hydrogen (secondary N) is 1. The molecular formula is C14H23NO2S. The Morgan fingerprint density at radius 2 is 1.89 bits per heavy atom. The van der Waals surface area contributed by atoms with Crippen LogP contribution in [0.25, 0.3) is 0 Å². The SMILES string of the molecule is CCNC(Cc1ccccc1C)C(C)S(C)(=O)=O. The van der Waals surface area contributed by atoms with Gasteiger partial charge in [-0.3, -0.25) is 0 Å². The number of sulfone groups is 1. The highest BCUT2D eigenvalue weighted by molar-refractivity contribution is 7.91. The van der Waals surface area contributed by atoms with Crippen LogP contribution >= 0.6 is 0 Å². The molecule has 1 N–H and O–H groups in total. The van der Waals surface area contributed by atoms with E-state index in [1.54, 1.807) is 6.92 Å². The molecule has 0 aromatic heterocycles. The molecule has 102 valence electrons. The molecule has 2 atom stereocenters. The maximum Gasteiger partial charge on any atom is 0.151 e. The number of rotatable bonds is 6. The maximum absolute atomic E-state index is 11.7. The normalized spacial score (nSPS) is 15.3. The second kappa shape index (κ2) is 6.34. The third-order valence-corrected chi connectivity index (χ3v) is 5.09. The summed E-state index contributed by atoms with van der Waals surface area (Å²) in [7, 11) is -3.02. The van der Waals surface area contributed by atoms with E-state index in [1.807, 2.05) is 19.1 Å². The lowest BCUT2D eigenvalue weighted by Crippen LogP contribution is -2.43. The molecule has 0 bridgehead atoms. The molecule has 18 heavy (non-hydrogen) atoms. The molecule has 1 aromatic carbocycles. The van der Waals surface area contributed by atoms with Crippen LogP contribution in [-0.4, -0.2) is 32.5 Å². The van der Waals surface area contributed by atoms with Crippen molar-refractivity contribution in [2.24, 2.45) is 0 Å². The summed E-state index contributed by atoms with van der Waals surface area (Å²) in [6.07, 6.45) is 2.05. The van der Waals surface area contributed by atoms with Crippen LogP contribution in [0.5, 0.6) is 0 Å². The van der Waals surface area contributed by atoms with E-state index in [0.717, 1.165) is 13.0 Å². The quantitative estimate of drug-likeness (QED) is 0.858. The van der Waals surface area contributed by atoms with Crippen molar-refractivity contribution in [2.45, 2.75) is 38.5 Å². The molecule has 0 aliphatic rings. The zero-order chi connectivity index (χ0) is 13.8. The fraction of sp³-hybridized carbons (Fsp3) is 0.571. The molecule has 1 aromatic rings. The molecule has 0 saturated carbocycles. The Bertz CT molecular complexity index is 482. The highest BCUT2D eigenvalue weighted by Gasteiger charge is 2.25. The molecule has 0 aliphatic carbocycles. The fourth-order valence-corrected chi connectivity index (χ4v) is 2.83. The van der Waals surface area contributed by atoms with Crippen LogP contribution in [0.2, 0.25) is 0 Å². The van der Waals surface area contributed by atoms with Crippen molar-refractivity contribution < 1.29 is 8.42 Å². The van der Waals surface area contributed by atoms with Gasteiger partial charge in [-0.05, 0) is 37.9 Å². The highest BCUT2D eigenvalue weighted by Crippen LogP contribution is 2.14. The van der Waals surface area contributed by atoms with Gasteiger partial charge in [0.2, 0.25) is 0 Å². The Morgan fingerprint density at radius 3 is 2.39 bits per heavy atom. The Labute approximate surface area is 111 Å². The van der Waals surface area contributed by atoms with Crippen LogP contribution < -0.4 is 5.32 Å². The second-order valence-electron chi connectivity index (χ2n) is 4.83. The first-order valence-electron chi connectivity index (χ1n) is 6.33. The summed E-state index contributed by atoms with van der Waals surface area (Å²) in [5.41, 5.74) is 2.42. The van der Waals surface area contributed by atoms with E-state index in [1.165, 1.54) is 17.4 Å². The van der Waals surface area contributed by atoms with Gasteiger partial charge in [-0.25, -0.2) is 8.42 Å². The molecule has 2 unspecified atom stereocenters. The predicted octanol–water partition coefficient (Wildman–Crippen LogP) is 1.95. The smallest absolute Gasteiger partial charge is 0.151 e. The molecule has 0 fully saturated rings. The van der Waals surface area contributed by atoms with Crippen LogP contribution in [-0.2, 0) is 16.3 Å². The summed E-state index contributed by atoms with van der Waals surface area (Å²) in [5, 5.41) is 2.91. The van der Waals surface area contributed by atoms with E-state index >= 15 is 0 Å². The number of hydrogen-bond acceptors (Lipinski definition) is 3.